The summed E-state index contributed by atoms with van der Waals surface area (Å²) < 4.78 is 68.2. The van der Waals surface area contributed by atoms with Crippen LogP contribution in [-0.4, -0.2) is 19.2 Å². The normalized spacial score (nSPS) is 13.8. The van der Waals surface area contributed by atoms with Gasteiger partial charge in [0.15, 0.2) is 0 Å². The van der Waals surface area contributed by atoms with Crippen molar-refractivity contribution < 1.29 is 26.7 Å². The van der Waals surface area contributed by atoms with Crippen molar-refractivity contribution in [1.29, 1.82) is 0 Å². The lowest BCUT2D eigenvalue weighted by Crippen LogP contribution is -2.38. The van der Waals surface area contributed by atoms with Crippen LogP contribution in [0.2, 0.25) is 0 Å². The summed E-state index contributed by atoms with van der Waals surface area (Å²) in [6.07, 6.45) is -8.37. The summed E-state index contributed by atoms with van der Waals surface area (Å²) in [4.78, 5) is 0. The lowest BCUT2D eigenvalue weighted by Gasteiger charge is -2.24. The van der Waals surface area contributed by atoms with E-state index in [1.807, 2.05) is 30.3 Å². The summed E-state index contributed by atoms with van der Waals surface area (Å²) in [7, 11) is 1.11. The Morgan fingerprint density at radius 3 is 1.83 bits per heavy atom. The Kier molecular flexibility index (Phi) is 5.04. The van der Waals surface area contributed by atoms with Gasteiger partial charge in [0.2, 0.25) is 0 Å². The molecule has 0 fully saturated rings. The van der Waals surface area contributed by atoms with Crippen LogP contribution in [0.1, 0.15) is 18.1 Å². The summed E-state index contributed by atoms with van der Waals surface area (Å²) in [6, 6.07) is 15.7. The molecule has 1 nitrogen and oxygen atoms in total. The van der Waals surface area contributed by atoms with E-state index >= 15 is 0 Å². The molecule has 0 aliphatic heterocycles. The molecular formula is C17H15F5O. The zero-order chi connectivity index (χ0) is 17.1. The largest absolute Gasteiger partial charge is 0.453 e. The zero-order valence-corrected chi connectivity index (χ0v) is 12.3. The third kappa shape index (κ3) is 4.07. The number of hydrogen-bond donors (Lipinski definition) is 0. The first kappa shape index (κ1) is 17.4. The standard InChI is InChI=1S/C17H15F5O/c1-23-15(11-16(18,19)17(20,21)22)14-9-7-13(8-10-14)12-5-3-2-4-6-12/h2-10,15H,11H2,1H3. The highest BCUT2D eigenvalue weighted by molar-refractivity contribution is 5.63. The van der Waals surface area contributed by atoms with E-state index in [1.54, 1.807) is 12.1 Å². The van der Waals surface area contributed by atoms with Crippen LogP contribution in [0, 0.1) is 0 Å². The van der Waals surface area contributed by atoms with Gasteiger partial charge in [0.25, 0.3) is 0 Å². The molecule has 0 aliphatic carbocycles. The van der Waals surface area contributed by atoms with Gasteiger partial charge in [-0.1, -0.05) is 54.6 Å². The molecule has 0 amide bonds. The lowest BCUT2D eigenvalue weighted by atomic mass is 9.98. The maximum atomic E-state index is 13.2. The number of hydrogen-bond acceptors (Lipinski definition) is 1. The van der Waals surface area contributed by atoms with Crippen LogP contribution in [0.4, 0.5) is 22.0 Å². The minimum absolute atomic E-state index is 0.274. The van der Waals surface area contributed by atoms with E-state index in [2.05, 4.69) is 0 Å². The zero-order valence-electron chi connectivity index (χ0n) is 12.3. The first-order valence-corrected chi connectivity index (χ1v) is 6.87. The Hall–Kier alpha value is -1.95. The molecule has 1 unspecified atom stereocenters. The second-order valence-electron chi connectivity index (χ2n) is 5.12. The van der Waals surface area contributed by atoms with Crippen LogP contribution in [0.25, 0.3) is 11.1 Å². The van der Waals surface area contributed by atoms with Crippen molar-refractivity contribution in [2.45, 2.75) is 24.6 Å². The number of methoxy groups -OCH3 is 1. The average Bonchev–Trinajstić information content (AvgIpc) is 2.52. The number of halogens is 5. The molecule has 0 N–H and O–H groups in total. The van der Waals surface area contributed by atoms with Crippen LogP contribution >= 0.6 is 0 Å². The van der Waals surface area contributed by atoms with Gasteiger partial charge in [0.05, 0.1) is 12.5 Å². The fourth-order valence-electron chi connectivity index (χ4n) is 2.21. The van der Waals surface area contributed by atoms with E-state index < -0.39 is 24.6 Å². The Bertz CT molecular complexity index is 620. The van der Waals surface area contributed by atoms with E-state index in [1.165, 1.54) is 12.1 Å². The molecule has 0 bridgehead atoms. The highest BCUT2D eigenvalue weighted by Crippen LogP contribution is 2.42. The van der Waals surface area contributed by atoms with Crippen LogP contribution in [0.5, 0.6) is 0 Å². The molecule has 2 aromatic rings. The number of benzene rings is 2. The first-order valence-electron chi connectivity index (χ1n) is 6.87. The van der Waals surface area contributed by atoms with Crippen LogP contribution < -0.4 is 0 Å². The Morgan fingerprint density at radius 2 is 1.35 bits per heavy atom. The van der Waals surface area contributed by atoms with Gasteiger partial charge in [-0.15, -0.1) is 0 Å². The molecule has 0 saturated carbocycles. The predicted molar refractivity (Wildman–Crippen MR) is 77.2 cm³/mol. The fraction of sp³-hybridized carbons (Fsp3) is 0.294. The number of alkyl halides is 5. The minimum Gasteiger partial charge on any atom is -0.377 e. The molecule has 0 spiro atoms. The van der Waals surface area contributed by atoms with Gasteiger partial charge in [-0.3, -0.25) is 0 Å². The van der Waals surface area contributed by atoms with Crippen molar-refractivity contribution in [3.63, 3.8) is 0 Å². The smallest absolute Gasteiger partial charge is 0.377 e. The fourth-order valence-corrected chi connectivity index (χ4v) is 2.21. The van der Waals surface area contributed by atoms with Crippen molar-refractivity contribution >= 4 is 0 Å². The molecule has 0 saturated heterocycles. The van der Waals surface area contributed by atoms with Crippen molar-refractivity contribution in [3.05, 3.63) is 60.2 Å². The van der Waals surface area contributed by atoms with Crippen molar-refractivity contribution in [1.82, 2.24) is 0 Å². The average molecular weight is 330 g/mol. The van der Waals surface area contributed by atoms with Crippen molar-refractivity contribution in [2.24, 2.45) is 0 Å². The van der Waals surface area contributed by atoms with E-state index in [9.17, 15) is 22.0 Å². The quantitative estimate of drug-likeness (QED) is 0.646. The molecule has 0 aliphatic rings. The summed E-state index contributed by atoms with van der Waals surface area (Å²) in [5.41, 5.74) is 2.04. The second kappa shape index (κ2) is 6.66. The molecule has 2 rings (SSSR count). The number of rotatable bonds is 5. The SMILES string of the molecule is COC(CC(F)(F)C(F)(F)F)c1ccc(-c2ccccc2)cc1. The van der Waals surface area contributed by atoms with E-state index in [-0.39, 0.29) is 5.56 Å². The molecular weight excluding hydrogens is 315 g/mol. The van der Waals surface area contributed by atoms with Crippen molar-refractivity contribution in [2.75, 3.05) is 7.11 Å². The molecule has 23 heavy (non-hydrogen) atoms. The Morgan fingerprint density at radius 1 is 0.826 bits per heavy atom. The third-order valence-electron chi connectivity index (χ3n) is 3.53. The molecule has 2 aromatic carbocycles. The summed E-state index contributed by atoms with van der Waals surface area (Å²) in [5, 5.41) is 0. The highest BCUT2D eigenvalue weighted by Gasteiger charge is 2.58. The Balaban J connectivity index is 2.20. The van der Waals surface area contributed by atoms with Crippen LogP contribution in [0.15, 0.2) is 54.6 Å². The highest BCUT2D eigenvalue weighted by atomic mass is 19.4. The van der Waals surface area contributed by atoms with Crippen molar-refractivity contribution in [3.8, 4) is 11.1 Å². The van der Waals surface area contributed by atoms with Gasteiger partial charge < -0.3 is 4.74 Å². The van der Waals surface area contributed by atoms with Crippen LogP contribution in [-0.2, 0) is 4.74 Å². The summed E-state index contributed by atoms with van der Waals surface area (Å²) >= 11 is 0. The molecule has 0 heterocycles. The summed E-state index contributed by atoms with van der Waals surface area (Å²) in [5.74, 6) is -4.80. The van der Waals surface area contributed by atoms with Gasteiger partial charge in [0, 0.05) is 7.11 Å². The molecule has 6 heteroatoms. The maximum Gasteiger partial charge on any atom is 0.453 e. The minimum atomic E-state index is -5.59. The predicted octanol–water partition coefficient (Wildman–Crippen LogP) is 5.63. The van der Waals surface area contributed by atoms with Gasteiger partial charge in [-0.2, -0.15) is 22.0 Å². The first-order chi connectivity index (χ1) is 10.7. The van der Waals surface area contributed by atoms with E-state index in [0.717, 1.165) is 18.2 Å². The topological polar surface area (TPSA) is 9.23 Å². The molecule has 124 valence electrons. The number of ether oxygens (including phenoxy) is 1. The van der Waals surface area contributed by atoms with E-state index in [4.69, 9.17) is 4.74 Å². The Labute approximate surface area is 130 Å². The second-order valence-corrected chi connectivity index (χ2v) is 5.12. The van der Waals surface area contributed by atoms with Gasteiger partial charge >= 0.3 is 12.1 Å². The maximum absolute atomic E-state index is 13.2. The van der Waals surface area contributed by atoms with Gasteiger partial charge in [-0.05, 0) is 16.7 Å². The summed E-state index contributed by atoms with van der Waals surface area (Å²) in [6.45, 7) is 0. The molecule has 1 atom stereocenters. The molecule has 0 aromatic heterocycles. The van der Waals surface area contributed by atoms with Gasteiger partial charge in [-0.25, -0.2) is 0 Å². The van der Waals surface area contributed by atoms with E-state index in [0.29, 0.717) is 0 Å². The van der Waals surface area contributed by atoms with Crippen LogP contribution in [0.3, 0.4) is 0 Å². The van der Waals surface area contributed by atoms with Gasteiger partial charge in [0.1, 0.15) is 0 Å². The monoisotopic (exact) mass is 330 g/mol. The molecule has 0 radical (unpaired) electrons. The third-order valence-corrected chi connectivity index (χ3v) is 3.53. The lowest BCUT2D eigenvalue weighted by molar-refractivity contribution is -0.291.